The zero-order chi connectivity index (χ0) is 13.7. The maximum absolute atomic E-state index is 11.5. The number of aliphatic carboxylic acids is 1. The molecule has 1 heterocycles. The molecule has 1 fully saturated rings. The highest BCUT2D eigenvalue weighted by molar-refractivity contribution is 5.75. The van der Waals surface area contributed by atoms with Crippen LogP contribution in [0.3, 0.4) is 0 Å². The van der Waals surface area contributed by atoms with E-state index in [1.165, 1.54) is 13.4 Å². The van der Waals surface area contributed by atoms with Gasteiger partial charge in [-0.3, -0.25) is 4.79 Å². The van der Waals surface area contributed by atoms with Crippen LogP contribution in [0.4, 0.5) is 5.82 Å². The van der Waals surface area contributed by atoms with Gasteiger partial charge in [0.05, 0.1) is 12.5 Å². The third kappa shape index (κ3) is 3.13. The first-order valence-corrected chi connectivity index (χ1v) is 6.50. The van der Waals surface area contributed by atoms with Crippen molar-refractivity contribution in [2.45, 2.75) is 32.1 Å². The predicted molar refractivity (Wildman–Crippen MR) is 70.2 cm³/mol. The molecule has 0 amide bonds. The number of anilines is 1. The fraction of sp³-hybridized carbons (Fsp3) is 0.615. The number of carboxylic acids is 1. The lowest BCUT2D eigenvalue weighted by atomic mass is 9.74. The molecule has 19 heavy (non-hydrogen) atoms. The average Bonchev–Trinajstić information content (AvgIpc) is 2.46. The highest BCUT2D eigenvalue weighted by Gasteiger charge is 2.39. The van der Waals surface area contributed by atoms with Crippen LogP contribution in [0.15, 0.2) is 12.4 Å². The number of hydrogen-bond acceptors (Lipinski definition) is 5. The highest BCUT2D eigenvalue weighted by Crippen LogP contribution is 2.36. The molecule has 0 saturated heterocycles. The molecule has 1 aliphatic rings. The summed E-state index contributed by atoms with van der Waals surface area (Å²) in [6.45, 7) is 0.391. The van der Waals surface area contributed by atoms with Crippen LogP contribution in [0, 0.1) is 5.41 Å². The smallest absolute Gasteiger partial charge is 0.311 e. The van der Waals surface area contributed by atoms with E-state index in [0.29, 0.717) is 18.2 Å². The Morgan fingerprint density at radius 1 is 1.42 bits per heavy atom. The SMILES string of the molecule is COc1cc(NCC2(C(=O)O)CCCCC2)ncn1. The standard InChI is InChI=1S/C13H19N3O3/c1-19-11-7-10(15-9-16-11)14-8-13(12(17)18)5-3-2-4-6-13/h7,9H,2-6,8H2,1H3,(H,17,18)(H,14,15,16). The summed E-state index contributed by atoms with van der Waals surface area (Å²) in [5.74, 6) is 0.337. The molecular weight excluding hydrogens is 246 g/mol. The maximum atomic E-state index is 11.5. The minimum Gasteiger partial charge on any atom is -0.481 e. The van der Waals surface area contributed by atoms with Gasteiger partial charge in [-0.05, 0) is 12.8 Å². The second-order valence-electron chi connectivity index (χ2n) is 4.95. The number of carbonyl (C=O) groups is 1. The van der Waals surface area contributed by atoms with Crippen molar-refractivity contribution in [3.05, 3.63) is 12.4 Å². The summed E-state index contributed by atoms with van der Waals surface area (Å²) in [5, 5.41) is 12.6. The molecule has 6 heteroatoms. The lowest BCUT2D eigenvalue weighted by Crippen LogP contribution is -2.39. The van der Waals surface area contributed by atoms with Gasteiger partial charge in [-0.15, -0.1) is 0 Å². The molecule has 0 radical (unpaired) electrons. The van der Waals surface area contributed by atoms with Gasteiger partial charge in [0.2, 0.25) is 5.88 Å². The quantitative estimate of drug-likeness (QED) is 0.846. The Kier molecular flexibility index (Phi) is 4.19. The second-order valence-corrected chi connectivity index (χ2v) is 4.95. The summed E-state index contributed by atoms with van der Waals surface area (Å²) in [5.41, 5.74) is -0.670. The highest BCUT2D eigenvalue weighted by atomic mass is 16.5. The number of nitrogens with zero attached hydrogens (tertiary/aromatic N) is 2. The minimum absolute atomic E-state index is 0.391. The monoisotopic (exact) mass is 265 g/mol. The Morgan fingerprint density at radius 3 is 2.79 bits per heavy atom. The maximum Gasteiger partial charge on any atom is 0.311 e. The third-order valence-electron chi connectivity index (χ3n) is 3.72. The topological polar surface area (TPSA) is 84.3 Å². The van der Waals surface area contributed by atoms with Gasteiger partial charge in [0.1, 0.15) is 12.1 Å². The predicted octanol–water partition coefficient (Wildman–Crippen LogP) is 1.93. The number of methoxy groups -OCH3 is 1. The fourth-order valence-electron chi connectivity index (χ4n) is 2.50. The summed E-state index contributed by atoms with van der Waals surface area (Å²) >= 11 is 0. The Balaban J connectivity index is 2.04. The van der Waals surface area contributed by atoms with Gasteiger partial charge in [0.25, 0.3) is 0 Å². The molecule has 1 aromatic rings. The molecule has 0 atom stereocenters. The Hall–Kier alpha value is -1.85. The van der Waals surface area contributed by atoms with Crippen molar-refractivity contribution >= 4 is 11.8 Å². The summed E-state index contributed by atoms with van der Waals surface area (Å²) in [6, 6.07) is 1.67. The zero-order valence-electron chi connectivity index (χ0n) is 11.1. The normalized spacial score (nSPS) is 17.7. The summed E-state index contributed by atoms with van der Waals surface area (Å²) in [6.07, 6.45) is 5.91. The Bertz CT molecular complexity index is 445. The van der Waals surface area contributed by atoms with Gasteiger partial charge >= 0.3 is 5.97 Å². The van der Waals surface area contributed by atoms with Crippen molar-refractivity contribution in [2.24, 2.45) is 5.41 Å². The van der Waals surface area contributed by atoms with Crippen LogP contribution in [0.5, 0.6) is 5.88 Å². The van der Waals surface area contributed by atoms with E-state index >= 15 is 0 Å². The van der Waals surface area contributed by atoms with Gasteiger partial charge in [0.15, 0.2) is 0 Å². The molecule has 1 aliphatic carbocycles. The lowest BCUT2D eigenvalue weighted by molar-refractivity contribution is -0.150. The van der Waals surface area contributed by atoms with Crippen molar-refractivity contribution in [2.75, 3.05) is 19.0 Å². The molecule has 104 valence electrons. The molecule has 0 unspecified atom stereocenters. The molecule has 1 aromatic heterocycles. The Morgan fingerprint density at radius 2 is 2.16 bits per heavy atom. The van der Waals surface area contributed by atoms with Crippen LogP contribution in [-0.2, 0) is 4.79 Å². The van der Waals surface area contributed by atoms with Crippen LogP contribution in [0.1, 0.15) is 32.1 Å². The van der Waals surface area contributed by atoms with Crippen LogP contribution in [-0.4, -0.2) is 34.7 Å². The lowest BCUT2D eigenvalue weighted by Gasteiger charge is -2.33. The van der Waals surface area contributed by atoms with Crippen LogP contribution in [0.25, 0.3) is 0 Å². The molecule has 0 aliphatic heterocycles. The van der Waals surface area contributed by atoms with Crippen LogP contribution < -0.4 is 10.1 Å². The molecule has 1 saturated carbocycles. The van der Waals surface area contributed by atoms with Gasteiger partial charge in [-0.25, -0.2) is 9.97 Å². The average molecular weight is 265 g/mol. The number of aromatic nitrogens is 2. The van der Waals surface area contributed by atoms with Crippen LogP contribution in [0.2, 0.25) is 0 Å². The third-order valence-corrected chi connectivity index (χ3v) is 3.72. The largest absolute Gasteiger partial charge is 0.481 e. The van der Waals surface area contributed by atoms with Crippen molar-refractivity contribution in [1.82, 2.24) is 9.97 Å². The van der Waals surface area contributed by atoms with Crippen molar-refractivity contribution < 1.29 is 14.6 Å². The van der Waals surface area contributed by atoms with E-state index in [2.05, 4.69) is 15.3 Å². The summed E-state index contributed by atoms with van der Waals surface area (Å²) in [4.78, 5) is 19.5. The first-order valence-electron chi connectivity index (χ1n) is 6.50. The number of nitrogens with one attached hydrogen (secondary N) is 1. The number of hydrogen-bond donors (Lipinski definition) is 2. The van der Waals surface area contributed by atoms with E-state index in [-0.39, 0.29) is 0 Å². The van der Waals surface area contributed by atoms with E-state index < -0.39 is 11.4 Å². The van der Waals surface area contributed by atoms with Gasteiger partial charge in [-0.2, -0.15) is 0 Å². The minimum atomic E-state index is -0.722. The molecule has 2 N–H and O–H groups in total. The molecule has 0 bridgehead atoms. The second kappa shape index (κ2) is 5.86. The van der Waals surface area contributed by atoms with Crippen molar-refractivity contribution in [1.29, 1.82) is 0 Å². The van der Waals surface area contributed by atoms with E-state index in [0.717, 1.165) is 32.1 Å². The fourth-order valence-corrected chi connectivity index (χ4v) is 2.50. The van der Waals surface area contributed by atoms with Gasteiger partial charge < -0.3 is 15.2 Å². The van der Waals surface area contributed by atoms with E-state index in [9.17, 15) is 9.90 Å². The van der Waals surface area contributed by atoms with Crippen LogP contribution >= 0.6 is 0 Å². The number of ether oxygens (including phenoxy) is 1. The van der Waals surface area contributed by atoms with E-state index in [1.807, 2.05) is 0 Å². The van der Waals surface area contributed by atoms with E-state index in [4.69, 9.17) is 4.74 Å². The van der Waals surface area contributed by atoms with Crippen molar-refractivity contribution in [3.8, 4) is 5.88 Å². The first kappa shape index (κ1) is 13.6. The van der Waals surface area contributed by atoms with E-state index in [1.54, 1.807) is 6.07 Å². The molecule has 2 rings (SSSR count). The first-order chi connectivity index (χ1) is 9.16. The summed E-state index contributed by atoms with van der Waals surface area (Å²) in [7, 11) is 1.53. The Labute approximate surface area is 112 Å². The van der Waals surface area contributed by atoms with Crippen molar-refractivity contribution in [3.63, 3.8) is 0 Å². The number of rotatable bonds is 5. The van der Waals surface area contributed by atoms with Gasteiger partial charge in [-0.1, -0.05) is 19.3 Å². The molecule has 0 aromatic carbocycles. The summed E-state index contributed by atoms with van der Waals surface area (Å²) < 4.78 is 5.01. The molecular formula is C13H19N3O3. The number of carboxylic acid groups (broad SMARTS) is 1. The zero-order valence-corrected chi connectivity index (χ0v) is 11.1. The molecule has 0 spiro atoms. The molecule has 6 nitrogen and oxygen atoms in total. The van der Waals surface area contributed by atoms with Gasteiger partial charge in [0, 0.05) is 12.6 Å².